The molecule has 26 heavy (non-hydrogen) atoms. The minimum atomic E-state index is -4.47. The van der Waals surface area contributed by atoms with Crippen LogP contribution in [0.4, 0.5) is 13.2 Å². The largest absolute Gasteiger partial charge is 0.489 e. The first-order chi connectivity index (χ1) is 12.5. The summed E-state index contributed by atoms with van der Waals surface area (Å²) in [6, 6.07) is 21.3. The van der Waals surface area contributed by atoms with Gasteiger partial charge in [0, 0.05) is 5.56 Å². The number of ether oxygens (including phenoxy) is 1. The lowest BCUT2D eigenvalue weighted by molar-refractivity contribution is -0.137. The molecule has 3 aromatic rings. The molecule has 0 aliphatic heterocycles. The van der Waals surface area contributed by atoms with Gasteiger partial charge in [-0.3, -0.25) is 0 Å². The maximum Gasteiger partial charge on any atom is 0.416 e. The first-order valence-electron chi connectivity index (χ1n) is 7.86. The van der Waals surface area contributed by atoms with Gasteiger partial charge in [-0.05, 0) is 41.5 Å². The summed E-state index contributed by atoms with van der Waals surface area (Å²) < 4.78 is 44.7. The van der Waals surface area contributed by atoms with Crippen LogP contribution in [0.15, 0.2) is 72.8 Å². The average molecular weight is 353 g/mol. The lowest BCUT2D eigenvalue weighted by Gasteiger charge is -2.12. The fourth-order valence-corrected chi connectivity index (χ4v) is 2.55. The van der Waals surface area contributed by atoms with Crippen LogP contribution >= 0.6 is 0 Å². The van der Waals surface area contributed by atoms with E-state index >= 15 is 0 Å². The molecule has 0 saturated carbocycles. The zero-order valence-electron chi connectivity index (χ0n) is 13.6. The maximum absolute atomic E-state index is 13.0. The highest BCUT2D eigenvalue weighted by atomic mass is 19.4. The SMILES string of the molecule is N#Cc1ccc(C(F)(F)F)cc1-c1cccc(OCc2ccccc2)c1. The summed E-state index contributed by atoms with van der Waals surface area (Å²) in [5.74, 6) is 0.521. The van der Waals surface area contributed by atoms with Crippen LogP contribution < -0.4 is 4.74 Å². The molecular formula is C21H14F3NO. The van der Waals surface area contributed by atoms with Gasteiger partial charge in [-0.2, -0.15) is 18.4 Å². The Balaban J connectivity index is 1.91. The summed E-state index contributed by atoms with van der Waals surface area (Å²) in [6.45, 7) is 0.345. The molecule has 3 rings (SSSR count). The fourth-order valence-electron chi connectivity index (χ4n) is 2.55. The van der Waals surface area contributed by atoms with Crippen LogP contribution in [-0.4, -0.2) is 0 Å². The van der Waals surface area contributed by atoms with Gasteiger partial charge < -0.3 is 4.74 Å². The number of alkyl halides is 3. The van der Waals surface area contributed by atoms with E-state index in [9.17, 15) is 18.4 Å². The first kappa shape index (κ1) is 17.6. The Morgan fingerprint density at radius 3 is 2.35 bits per heavy atom. The van der Waals surface area contributed by atoms with E-state index in [1.54, 1.807) is 24.3 Å². The van der Waals surface area contributed by atoms with E-state index in [0.29, 0.717) is 17.9 Å². The van der Waals surface area contributed by atoms with Crippen molar-refractivity contribution in [3.05, 3.63) is 89.5 Å². The lowest BCUT2D eigenvalue weighted by Crippen LogP contribution is -2.05. The van der Waals surface area contributed by atoms with Crippen LogP contribution in [0, 0.1) is 11.3 Å². The van der Waals surface area contributed by atoms with E-state index in [2.05, 4.69) is 0 Å². The number of hydrogen-bond donors (Lipinski definition) is 0. The van der Waals surface area contributed by atoms with Gasteiger partial charge in [0.25, 0.3) is 0 Å². The van der Waals surface area contributed by atoms with Gasteiger partial charge >= 0.3 is 6.18 Å². The Kier molecular flexibility index (Phi) is 4.94. The zero-order valence-corrected chi connectivity index (χ0v) is 13.6. The molecule has 0 saturated heterocycles. The van der Waals surface area contributed by atoms with Crippen molar-refractivity contribution in [1.29, 1.82) is 5.26 Å². The van der Waals surface area contributed by atoms with Crippen molar-refractivity contribution in [3.63, 3.8) is 0 Å². The standard InChI is InChI=1S/C21H14F3NO/c22-21(23,24)18-10-9-17(13-25)20(12-18)16-7-4-8-19(11-16)26-14-15-5-2-1-3-6-15/h1-12H,14H2. The smallest absolute Gasteiger partial charge is 0.416 e. The number of rotatable bonds is 4. The molecule has 0 fully saturated rings. The molecule has 3 aromatic carbocycles. The van der Waals surface area contributed by atoms with Gasteiger partial charge in [0.15, 0.2) is 0 Å². The molecule has 0 bridgehead atoms. The number of halogens is 3. The van der Waals surface area contributed by atoms with Crippen molar-refractivity contribution in [2.75, 3.05) is 0 Å². The van der Waals surface area contributed by atoms with Crippen molar-refractivity contribution in [3.8, 4) is 22.9 Å². The lowest BCUT2D eigenvalue weighted by atomic mass is 9.97. The number of benzene rings is 3. The van der Waals surface area contributed by atoms with Crippen LogP contribution in [0.25, 0.3) is 11.1 Å². The van der Waals surface area contributed by atoms with E-state index in [-0.39, 0.29) is 11.1 Å². The van der Waals surface area contributed by atoms with Gasteiger partial charge in [0.1, 0.15) is 12.4 Å². The molecule has 0 N–H and O–H groups in total. The van der Waals surface area contributed by atoms with Gasteiger partial charge in [-0.1, -0.05) is 42.5 Å². The Hall–Kier alpha value is -3.26. The highest BCUT2D eigenvalue weighted by molar-refractivity contribution is 5.72. The number of nitrogens with zero attached hydrogens (tertiary/aromatic N) is 1. The molecule has 0 aliphatic rings. The summed E-state index contributed by atoms with van der Waals surface area (Å²) >= 11 is 0. The summed E-state index contributed by atoms with van der Waals surface area (Å²) in [5.41, 5.74) is 1.10. The summed E-state index contributed by atoms with van der Waals surface area (Å²) in [6.07, 6.45) is -4.47. The van der Waals surface area contributed by atoms with Crippen molar-refractivity contribution in [2.45, 2.75) is 12.8 Å². The van der Waals surface area contributed by atoms with Gasteiger partial charge in [0.05, 0.1) is 17.2 Å². The normalized spacial score (nSPS) is 11.0. The molecule has 2 nitrogen and oxygen atoms in total. The first-order valence-corrected chi connectivity index (χ1v) is 7.86. The molecule has 0 aliphatic carbocycles. The molecule has 0 spiro atoms. The van der Waals surface area contributed by atoms with E-state index in [1.807, 2.05) is 36.4 Å². The topological polar surface area (TPSA) is 33.0 Å². The quantitative estimate of drug-likeness (QED) is 0.592. The van der Waals surface area contributed by atoms with Crippen LogP contribution in [0.1, 0.15) is 16.7 Å². The monoisotopic (exact) mass is 353 g/mol. The maximum atomic E-state index is 13.0. The van der Waals surface area contributed by atoms with Crippen molar-refractivity contribution < 1.29 is 17.9 Å². The number of hydrogen-bond acceptors (Lipinski definition) is 2. The third-order valence-corrected chi connectivity index (χ3v) is 3.86. The average Bonchev–Trinajstić information content (AvgIpc) is 2.66. The van der Waals surface area contributed by atoms with E-state index in [0.717, 1.165) is 17.7 Å². The molecule has 0 atom stereocenters. The Labute approximate surface area is 149 Å². The van der Waals surface area contributed by atoms with E-state index < -0.39 is 11.7 Å². The molecule has 0 amide bonds. The second kappa shape index (κ2) is 7.32. The minimum Gasteiger partial charge on any atom is -0.489 e. The van der Waals surface area contributed by atoms with Crippen LogP contribution in [0.3, 0.4) is 0 Å². The highest BCUT2D eigenvalue weighted by Crippen LogP contribution is 2.34. The molecular weight excluding hydrogens is 339 g/mol. The fraction of sp³-hybridized carbons (Fsp3) is 0.0952. The van der Waals surface area contributed by atoms with Crippen LogP contribution in [-0.2, 0) is 12.8 Å². The molecule has 0 aromatic heterocycles. The van der Waals surface area contributed by atoms with Gasteiger partial charge in [-0.15, -0.1) is 0 Å². The highest BCUT2D eigenvalue weighted by Gasteiger charge is 2.31. The second-order valence-electron chi connectivity index (χ2n) is 5.67. The minimum absolute atomic E-state index is 0.179. The molecule has 0 unspecified atom stereocenters. The summed E-state index contributed by atoms with van der Waals surface area (Å²) in [4.78, 5) is 0. The molecule has 130 valence electrons. The van der Waals surface area contributed by atoms with Crippen molar-refractivity contribution >= 4 is 0 Å². The van der Waals surface area contributed by atoms with Crippen molar-refractivity contribution in [1.82, 2.24) is 0 Å². The predicted octanol–water partition coefficient (Wildman–Crippen LogP) is 5.82. The van der Waals surface area contributed by atoms with Crippen LogP contribution in [0.5, 0.6) is 5.75 Å². The molecule has 0 radical (unpaired) electrons. The van der Waals surface area contributed by atoms with Gasteiger partial charge in [-0.25, -0.2) is 0 Å². The zero-order chi connectivity index (χ0) is 18.6. The Morgan fingerprint density at radius 2 is 1.65 bits per heavy atom. The third-order valence-electron chi connectivity index (χ3n) is 3.86. The van der Waals surface area contributed by atoms with E-state index in [1.165, 1.54) is 6.07 Å². The van der Waals surface area contributed by atoms with Gasteiger partial charge in [0.2, 0.25) is 0 Å². The Bertz CT molecular complexity index is 943. The third kappa shape index (κ3) is 4.04. The van der Waals surface area contributed by atoms with E-state index in [4.69, 9.17) is 4.74 Å². The van der Waals surface area contributed by atoms with Crippen molar-refractivity contribution in [2.24, 2.45) is 0 Å². The predicted molar refractivity (Wildman–Crippen MR) is 92.4 cm³/mol. The molecule has 5 heteroatoms. The number of nitriles is 1. The van der Waals surface area contributed by atoms with Crippen LogP contribution in [0.2, 0.25) is 0 Å². The summed E-state index contributed by atoms with van der Waals surface area (Å²) in [5, 5.41) is 9.23. The second-order valence-corrected chi connectivity index (χ2v) is 5.67. The Morgan fingerprint density at radius 1 is 0.885 bits per heavy atom. The summed E-state index contributed by atoms with van der Waals surface area (Å²) in [7, 11) is 0. The molecule has 0 heterocycles.